The smallest absolute Gasteiger partial charge is 0.165 e. The summed E-state index contributed by atoms with van der Waals surface area (Å²) in [5.41, 5.74) is 6.38. The van der Waals surface area contributed by atoms with Gasteiger partial charge < -0.3 is 19.9 Å². The molecule has 0 bridgehead atoms. The number of nitrogen functional groups attached to an aromatic ring is 1. The Labute approximate surface area is 114 Å². The highest BCUT2D eigenvalue weighted by molar-refractivity contribution is 6.30. The second-order valence-electron chi connectivity index (χ2n) is 3.97. The van der Waals surface area contributed by atoms with Crippen LogP contribution in [0.4, 0.5) is 5.69 Å². The Morgan fingerprint density at radius 3 is 2.58 bits per heavy atom. The molecule has 0 amide bonds. The van der Waals surface area contributed by atoms with E-state index in [4.69, 9.17) is 31.5 Å². The molecule has 0 atom stereocenters. The number of anilines is 1. The third-order valence-corrected chi connectivity index (χ3v) is 2.79. The summed E-state index contributed by atoms with van der Waals surface area (Å²) >= 11 is 5.85. The Bertz CT molecular complexity index is 619. The topological polar surface area (TPSA) is 66.6 Å². The standard InChI is InChI=1S/C13H11ClN2O3/c14-8-3-9(7-16-6-8)19-11-5-13-12(4-10(11)15)17-1-2-18-13/h3-7H,1-2,15H2. The van der Waals surface area contributed by atoms with Crippen molar-refractivity contribution >= 4 is 17.3 Å². The van der Waals surface area contributed by atoms with Gasteiger partial charge in [-0.2, -0.15) is 0 Å². The van der Waals surface area contributed by atoms with E-state index in [1.807, 2.05) is 0 Å². The van der Waals surface area contributed by atoms with Crippen LogP contribution in [0.5, 0.6) is 23.0 Å². The summed E-state index contributed by atoms with van der Waals surface area (Å²) in [5.74, 6) is 2.23. The highest BCUT2D eigenvalue weighted by Crippen LogP contribution is 2.39. The van der Waals surface area contributed by atoms with Gasteiger partial charge in [-0.1, -0.05) is 11.6 Å². The van der Waals surface area contributed by atoms with Crippen molar-refractivity contribution in [1.82, 2.24) is 4.98 Å². The molecule has 98 valence electrons. The van der Waals surface area contributed by atoms with E-state index in [-0.39, 0.29) is 0 Å². The van der Waals surface area contributed by atoms with E-state index in [0.717, 1.165) is 0 Å². The SMILES string of the molecule is Nc1cc2c(cc1Oc1cncc(Cl)c1)OCCO2. The highest BCUT2D eigenvalue weighted by atomic mass is 35.5. The minimum absolute atomic E-state index is 0.462. The third-order valence-electron chi connectivity index (χ3n) is 2.58. The van der Waals surface area contributed by atoms with Crippen LogP contribution in [0.3, 0.4) is 0 Å². The summed E-state index contributed by atoms with van der Waals surface area (Å²) in [4.78, 5) is 3.94. The number of fused-ring (bicyclic) bond motifs is 1. The quantitative estimate of drug-likeness (QED) is 0.856. The van der Waals surface area contributed by atoms with E-state index < -0.39 is 0 Å². The van der Waals surface area contributed by atoms with Gasteiger partial charge in [0, 0.05) is 24.4 Å². The van der Waals surface area contributed by atoms with Gasteiger partial charge in [0.2, 0.25) is 0 Å². The maximum atomic E-state index is 5.92. The molecule has 0 fully saturated rings. The second-order valence-corrected chi connectivity index (χ2v) is 4.41. The summed E-state index contributed by atoms with van der Waals surface area (Å²) in [6.07, 6.45) is 3.09. The number of nitrogens with zero attached hydrogens (tertiary/aromatic N) is 1. The normalized spacial score (nSPS) is 13.1. The van der Waals surface area contributed by atoms with Crippen LogP contribution in [0.1, 0.15) is 0 Å². The Balaban J connectivity index is 1.92. The van der Waals surface area contributed by atoms with Gasteiger partial charge in [-0.25, -0.2) is 0 Å². The van der Waals surface area contributed by atoms with Crippen molar-refractivity contribution in [2.24, 2.45) is 0 Å². The molecule has 6 heteroatoms. The molecule has 0 spiro atoms. The number of benzene rings is 1. The average molecular weight is 279 g/mol. The number of hydrogen-bond donors (Lipinski definition) is 1. The summed E-state index contributed by atoms with van der Waals surface area (Å²) in [5, 5.41) is 0.494. The first-order valence-corrected chi connectivity index (χ1v) is 6.08. The number of pyridine rings is 1. The van der Waals surface area contributed by atoms with E-state index in [1.54, 1.807) is 24.4 Å². The maximum Gasteiger partial charge on any atom is 0.165 e. The van der Waals surface area contributed by atoms with Gasteiger partial charge in [-0.15, -0.1) is 0 Å². The van der Waals surface area contributed by atoms with E-state index in [1.165, 1.54) is 6.20 Å². The van der Waals surface area contributed by atoms with Crippen LogP contribution in [0.15, 0.2) is 30.6 Å². The van der Waals surface area contributed by atoms with Crippen molar-refractivity contribution in [3.05, 3.63) is 35.6 Å². The molecular weight excluding hydrogens is 268 g/mol. The van der Waals surface area contributed by atoms with Crippen LogP contribution in [0.2, 0.25) is 5.02 Å². The van der Waals surface area contributed by atoms with Gasteiger partial charge in [0.1, 0.15) is 19.0 Å². The Kier molecular flexibility index (Phi) is 3.05. The van der Waals surface area contributed by atoms with Crippen molar-refractivity contribution in [3.8, 4) is 23.0 Å². The Morgan fingerprint density at radius 1 is 1.11 bits per heavy atom. The van der Waals surface area contributed by atoms with Crippen LogP contribution < -0.4 is 19.9 Å². The van der Waals surface area contributed by atoms with E-state index in [2.05, 4.69) is 4.98 Å². The van der Waals surface area contributed by atoms with Crippen LogP contribution >= 0.6 is 11.6 Å². The van der Waals surface area contributed by atoms with Crippen LogP contribution in [-0.2, 0) is 0 Å². The molecule has 0 unspecified atom stereocenters. The fourth-order valence-electron chi connectivity index (χ4n) is 1.75. The monoisotopic (exact) mass is 278 g/mol. The Hall–Kier alpha value is -2.14. The molecule has 0 radical (unpaired) electrons. The summed E-state index contributed by atoms with van der Waals surface area (Å²) in [7, 11) is 0. The zero-order valence-corrected chi connectivity index (χ0v) is 10.7. The minimum atomic E-state index is 0.462. The maximum absolute atomic E-state index is 5.92. The first kappa shape index (κ1) is 11.9. The van der Waals surface area contributed by atoms with Gasteiger partial charge >= 0.3 is 0 Å². The average Bonchev–Trinajstić information content (AvgIpc) is 2.40. The van der Waals surface area contributed by atoms with Crippen molar-refractivity contribution in [3.63, 3.8) is 0 Å². The fraction of sp³-hybridized carbons (Fsp3) is 0.154. The number of aromatic nitrogens is 1. The van der Waals surface area contributed by atoms with Crippen LogP contribution in [0.25, 0.3) is 0 Å². The van der Waals surface area contributed by atoms with Crippen LogP contribution in [-0.4, -0.2) is 18.2 Å². The molecule has 5 nitrogen and oxygen atoms in total. The molecule has 0 aliphatic carbocycles. The first-order valence-electron chi connectivity index (χ1n) is 5.70. The zero-order chi connectivity index (χ0) is 13.2. The van der Waals surface area contributed by atoms with Gasteiger partial charge in [0.25, 0.3) is 0 Å². The Morgan fingerprint density at radius 2 is 1.84 bits per heavy atom. The predicted octanol–water partition coefficient (Wildman–Crippen LogP) is 2.88. The van der Waals surface area contributed by atoms with Gasteiger partial charge in [-0.3, -0.25) is 4.98 Å². The molecule has 1 aromatic carbocycles. The number of ether oxygens (including phenoxy) is 3. The second kappa shape index (κ2) is 4.85. The lowest BCUT2D eigenvalue weighted by Gasteiger charge is -2.20. The molecule has 0 saturated heterocycles. The van der Waals surface area contributed by atoms with Crippen molar-refractivity contribution in [2.45, 2.75) is 0 Å². The third kappa shape index (κ3) is 2.51. The fourth-order valence-corrected chi connectivity index (χ4v) is 1.91. The number of halogens is 1. The number of rotatable bonds is 2. The van der Waals surface area contributed by atoms with E-state index in [9.17, 15) is 0 Å². The molecule has 1 aliphatic rings. The van der Waals surface area contributed by atoms with E-state index >= 15 is 0 Å². The lowest BCUT2D eigenvalue weighted by molar-refractivity contribution is 0.171. The predicted molar refractivity (Wildman–Crippen MR) is 71.2 cm³/mol. The molecule has 3 rings (SSSR count). The minimum Gasteiger partial charge on any atom is -0.486 e. The number of nitrogens with two attached hydrogens (primary N) is 1. The highest BCUT2D eigenvalue weighted by Gasteiger charge is 2.15. The van der Waals surface area contributed by atoms with E-state index in [0.29, 0.717) is 46.9 Å². The molecule has 2 heterocycles. The zero-order valence-electron chi connectivity index (χ0n) is 9.93. The van der Waals surface area contributed by atoms with Crippen molar-refractivity contribution < 1.29 is 14.2 Å². The molecule has 0 saturated carbocycles. The summed E-state index contributed by atoms with van der Waals surface area (Å²) in [6, 6.07) is 5.04. The molecular formula is C13H11ClN2O3. The van der Waals surface area contributed by atoms with Gasteiger partial charge in [0.15, 0.2) is 17.2 Å². The molecule has 2 N–H and O–H groups in total. The number of hydrogen-bond acceptors (Lipinski definition) is 5. The molecule has 2 aromatic rings. The lowest BCUT2D eigenvalue weighted by Crippen LogP contribution is -2.15. The summed E-state index contributed by atoms with van der Waals surface area (Å²) in [6.45, 7) is 1.03. The molecule has 1 aliphatic heterocycles. The summed E-state index contributed by atoms with van der Waals surface area (Å²) < 4.78 is 16.6. The van der Waals surface area contributed by atoms with Crippen molar-refractivity contribution in [2.75, 3.05) is 18.9 Å². The van der Waals surface area contributed by atoms with Crippen LogP contribution in [0, 0.1) is 0 Å². The van der Waals surface area contributed by atoms with Gasteiger partial charge in [-0.05, 0) is 0 Å². The molecule has 19 heavy (non-hydrogen) atoms. The first-order chi connectivity index (χ1) is 9.22. The molecule has 1 aromatic heterocycles. The van der Waals surface area contributed by atoms with Gasteiger partial charge in [0.05, 0.1) is 16.9 Å². The lowest BCUT2D eigenvalue weighted by atomic mass is 10.2. The van der Waals surface area contributed by atoms with Crippen molar-refractivity contribution in [1.29, 1.82) is 0 Å². The largest absolute Gasteiger partial charge is 0.486 e.